The quantitative estimate of drug-likeness (QED) is 0.926. The Morgan fingerprint density at radius 2 is 1.74 bits per heavy atom. The molecule has 1 fully saturated rings. The number of nitrogens with zero attached hydrogens (tertiary/aromatic N) is 1. The van der Waals surface area contributed by atoms with E-state index in [4.69, 9.17) is 5.73 Å². The highest BCUT2D eigenvalue weighted by Gasteiger charge is 2.23. The average Bonchev–Trinajstić information content (AvgIpc) is 2.39. The second-order valence-corrected chi connectivity index (χ2v) is 5.41. The van der Waals surface area contributed by atoms with Gasteiger partial charge in [-0.05, 0) is 36.5 Å². The Hall–Kier alpha value is -1.22. The Bertz CT molecular complexity index is 409. The molecule has 2 N–H and O–H groups in total. The van der Waals surface area contributed by atoms with Crippen LogP contribution < -0.4 is 10.6 Å². The van der Waals surface area contributed by atoms with E-state index in [0.717, 1.165) is 25.9 Å². The molecule has 19 heavy (non-hydrogen) atoms. The number of piperidine rings is 1. The number of primary amides is 1. The average molecular weight is 283 g/mol. The van der Waals surface area contributed by atoms with Crippen molar-refractivity contribution in [1.82, 2.24) is 0 Å². The standard InChI is InChI=1S/C15H22N2O.ClH/c1-11(2)12-3-5-14(6-4-12)17-9-7-13(8-10-17)15(16)18;/h3-6,11,13H,7-10H2,1-2H3,(H2,16,18);1H. The van der Waals surface area contributed by atoms with Crippen molar-refractivity contribution >= 4 is 24.0 Å². The van der Waals surface area contributed by atoms with Gasteiger partial charge in [0.15, 0.2) is 0 Å². The molecule has 0 unspecified atom stereocenters. The SMILES string of the molecule is CC(C)c1ccc(N2CCC(C(N)=O)CC2)cc1.Cl. The molecule has 1 aliphatic rings. The molecule has 3 nitrogen and oxygen atoms in total. The summed E-state index contributed by atoms with van der Waals surface area (Å²) in [7, 11) is 0. The normalized spacial score (nSPS) is 16.3. The molecule has 1 amide bonds. The zero-order chi connectivity index (χ0) is 13.1. The third kappa shape index (κ3) is 3.87. The maximum Gasteiger partial charge on any atom is 0.220 e. The monoisotopic (exact) mass is 282 g/mol. The summed E-state index contributed by atoms with van der Waals surface area (Å²) in [6.45, 7) is 6.25. The van der Waals surface area contributed by atoms with E-state index in [0.29, 0.717) is 5.92 Å². The van der Waals surface area contributed by atoms with Crippen molar-refractivity contribution in [2.45, 2.75) is 32.6 Å². The van der Waals surface area contributed by atoms with Gasteiger partial charge in [-0.2, -0.15) is 0 Å². The molecule has 0 aromatic heterocycles. The molecule has 1 aromatic carbocycles. The lowest BCUT2D eigenvalue weighted by Crippen LogP contribution is -2.38. The van der Waals surface area contributed by atoms with E-state index >= 15 is 0 Å². The van der Waals surface area contributed by atoms with E-state index < -0.39 is 0 Å². The lowest BCUT2D eigenvalue weighted by molar-refractivity contribution is -0.122. The second kappa shape index (κ2) is 6.80. The highest BCUT2D eigenvalue weighted by molar-refractivity contribution is 5.85. The number of carbonyl (C=O) groups is 1. The highest BCUT2D eigenvalue weighted by Crippen LogP contribution is 2.25. The topological polar surface area (TPSA) is 46.3 Å². The molecule has 0 aliphatic carbocycles. The molecule has 0 bridgehead atoms. The first-order valence-corrected chi connectivity index (χ1v) is 6.72. The number of hydrogen-bond donors (Lipinski definition) is 1. The van der Waals surface area contributed by atoms with Gasteiger partial charge < -0.3 is 10.6 Å². The number of carbonyl (C=O) groups excluding carboxylic acids is 1. The third-order valence-corrected chi connectivity index (χ3v) is 3.82. The maximum atomic E-state index is 11.1. The summed E-state index contributed by atoms with van der Waals surface area (Å²) in [6.07, 6.45) is 1.75. The van der Waals surface area contributed by atoms with Crippen molar-refractivity contribution in [1.29, 1.82) is 0 Å². The van der Waals surface area contributed by atoms with Gasteiger partial charge in [0.2, 0.25) is 5.91 Å². The van der Waals surface area contributed by atoms with Gasteiger partial charge in [-0.15, -0.1) is 12.4 Å². The summed E-state index contributed by atoms with van der Waals surface area (Å²) in [5.74, 6) is 0.487. The first-order valence-electron chi connectivity index (χ1n) is 6.72. The van der Waals surface area contributed by atoms with Gasteiger partial charge in [0.1, 0.15) is 0 Å². The van der Waals surface area contributed by atoms with Crippen LogP contribution in [-0.2, 0) is 4.79 Å². The van der Waals surface area contributed by atoms with E-state index in [9.17, 15) is 4.79 Å². The van der Waals surface area contributed by atoms with E-state index in [-0.39, 0.29) is 24.2 Å². The van der Waals surface area contributed by atoms with Gasteiger partial charge in [-0.3, -0.25) is 4.79 Å². The molecule has 1 aliphatic heterocycles. The predicted molar refractivity (Wildman–Crippen MR) is 81.9 cm³/mol. The summed E-state index contributed by atoms with van der Waals surface area (Å²) in [4.78, 5) is 13.5. The van der Waals surface area contributed by atoms with E-state index in [1.165, 1.54) is 11.3 Å². The van der Waals surface area contributed by atoms with E-state index in [1.54, 1.807) is 0 Å². The fraction of sp³-hybridized carbons (Fsp3) is 0.533. The van der Waals surface area contributed by atoms with Crippen molar-refractivity contribution in [3.8, 4) is 0 Å². The minimum atomic E-state index is -0.148. The number of hydrogen-bond acceptors (Lipinski definition) is 2. The van der Waals surface area contributed by atoms with Gasteiger partial charge >= 0.3 is 0 Å². The smallest absolute Gasteiger partial charge is 0.220 e. The van der Waals surface area contributed by atoms with E-state index in [1.807, 2.05) is 0 Å². The third-order valence-electron chi connectivity index (χ3n) is 3.82. The van der Waals surface area contributed by atoms with Crippen LogP contribution in [0.15, 0.2) is 24.3 Å². The molecule has 0 saturated carbocycles. The zero-order valence-corrected chi connectivity index (χ0v) is 12.5. The highest BCUT2D eigenvalue weighted by atomic mass is 35.5. The number of halogens is 1. The minimum absolute atomic E-state index is 0. The molecule has 2 rings (SSSR count). The van der Waals surface area contributed by atoms with Crippen LogP contribution in [0.5, 0.6) is 0 Å². The van der Waals surface area contributed by atoms with Crippen LogP contribution in [0.4, 0.5) is 5.69 Å². The van der Waals surface area contributed by atoms with Gasteiger partial charge in [0, 0.05) is 24.7 Å². The Kier molecular flexibility index (Phi) is 5.67. The minimum Gasteiger partial charge on any atom is -0.371 e. The van der Waals surface area contributed by atoms with Crippen molar-refractivity contribution < 1.29 is 4.79 Å². The first kappa shape index (κ1) is 15.8. The molecule has 1 heterocycles. The molecular formula is C15H23ClN2O. The van der Waals surface area contributed by atoms with Crippen LogP contribution in [0.1, 0.15) is 38.2 Å². The van der Waals surface area contributed by atoms with Crippen LogP contribution in [0.25, 0.3) is 0 Å². The molecular weight excluding hydrogens is 260 g/mol. The van der Waals surface area contributed by atoms with E-state index in [2.05, 4.69) is 43.0 Å². The van der Waals surface area contributed by atoms with Gasteiger partial charge in [-0.25, -0.2) is 0 Å². The largest absolute Gasteiger partial charge is 0.371 e. The number of benzene rings is 1. The molecule has 4 heteroatoms. The first-order chi connectivity index (χ1) is 8.58. The molecule has 0 atom stereocenters. The summed E-state index contributed by atoms with van der Waals surface area (Å²) >= 11 is 0. The van der Waals surface area contributed by atoms with Crippen LogP contribution in [0.3, 0.4) is 0 Å². The van der Waals surface area contributed by atoms with Gasteiger partial charge in [0.25, 0.3) is 0 Å². The van der Waals surface area contributed by atoms with Gasteiger partial charge in [-0.1, -0.05) is 26.0 Å². The van der Waals surface area contributed by atoms with Gasteiger partial charge in [0.05, 0.1) is 0 Å². The molecule has 0 radical (unpaired) electrons. The summed E-state index contributed by atoms with van der Waals surface area (Å²) < 4.78 is 0. The Balaban J connectivity index is 0.00000180. The van der Waals surface area contributed by atoms with Crippen molar-refractivity contribution in [2.24, 2.45) is 11.7 Å². The van der Waals surface area contributed by atoms with Crippen molar-refractivity contribution in [2.75, 3.05) is 18.0 Å². The Morgan fingerprint density at radius 3 is 2.16 bits per heavy atom. The maximum absolute atomic E-state index is 11.1. The summed E-state index contributed by atoms with van der Waals surface area (Å²) in [6, 6.07) is 8.75. The van der Waals surface area contributed by atoms with Crippen LogP contribution in [-0.4, -0.2) is 19.0 Å². The van der Waals surface area contributed by atoms with Crippen LogP contribution in [0, 0.1) is 5.92 Å². The van der Waals surface area contributed by atoms with Crippen molar-refractivity contribution in [3.05, 3.63) is 29.8 Å². The number of anilines is 1. The fourth-order valence-electron chi connectivity index (χ4n) is 2.49. The predicted octanol–water partition coefficient (Wildman–Crippen LogP) is 2.93. The fourth-order valence-corrected chi connectivity index (χ4v) is 2.49. The lowest BCUT2D eigenvalue weighted by Gasteiger charge is -2.32. The zero-order valence-electron chi connectivity index (χ0n) is 11.6. The lowest BCUT2D eigenvalue weighted by atomic mass is 9.95. The number of nitrogens with two attached hydrogens (primary N) is 1. The second-order valence-electron chi connectivity index (χ2n) is 5.41. The Morgan fingerprint density at radius 1 is 1.21 bits per heavy atom. The summed E-state index contributed by atoms with van der Waals surface area (Å²) in [5, 5.41) is 0. The van der Waals surface area contributed by atoms with Crippen LogP contribution >= 0.6 is 12.4 Å². The molecule has 0 spiro atoms. The van der Waals surface area contributed by atoms with Crippen molar-refractivity contribution in [3.63, 3.8) is 0 Å². The van der Waals surface area contributed by atoms with Crippen LogP contribution in [0.2, 0.25) is 0 Å². The number of amides is 1. The Labute approximate surface area is 121 Å². The molecule has 106 valence electrons. The number of rotatable bonds is 3. The molecule has 1 aromatic rings. The molecule has 1 saturated heterocycles. The summed E-state index contributed by atoms with van der Waals surface area (Å²) in [5.41, 5.74) is 7.97.